The molecule has 4 nitrogen and oxygen atoms in total. The third-order valence-corrected chi connectivity index (χ3v) is 3.17. The van der Waals surface area contributed by atoms with E-state index in [1.807, 2.05) is 11.0 Å². The molecule has 0 aliphatic heterocycles. The molecule has 0 bridgehead atoms. The van der Waals surface area contributed by atoms with Gasteiger partial charge in [-0.15, -0.1) is 6.58 Å². The van der Waals surface area contributed by atoms with Crippen molar-refractivity contribution in [2.45, 2.75) is 31.7 Å². The van der Waals surface area contributed by atoms with Crippen LogP contribution in [0.15, 0.2) is 12.7 Å². The largest absolute Gasteiger partial charge is 0.383 e. The molecule has 0 unspecified atom stereocenters. The number of ether oxygens (including phenoxy) is 1. The van der Waals surface area contributed by atoms with E-state index in [1.54, 1.807) is 7.11 Å². The molecular weight excluding hydrogens is 216 g/mol. The third-order valence-electron chi connectivity index (χ3n) is 3.17. The lowest BCUT2D eigenvalue weighted by atomic mass is 10.2. The van der Waals surface area contributed by atoms with Crippen LogP contribution in [0.4, 0.5) is 0 Å². The van der Waals surface area contributed by atoms with Crippen molar-refractivity contribution in [2.24, 2.45) is 0 Å². The first-order valence-corrected chi connectivity index (χ1v) is 6.39. The van der Waals surface area contributed by atoms with Gasteiger partial charge in [-0.3, -0.25) is 4.79 Å². The number of nitrogens with zero attached hydrogens (tertiary/aromatic N) is 1. The standard InChI is InChI=1S/C13H24N2O2/c1-3-9-15(12-6-4-5-7-12)13(16)11-14-8-10-17-2/h3,12,14H,1,4-11H2,2H3. The number of carbonyl (C=O) groups excluding carboxylic acids is 1. The summed E-state index contributed by atoms with van der Waals surface area (Å²) in [5.41, 5.74) is 0. The SMILES string of the molecule is C=CCN(C(=O)CNCCOC)C1CCCC1. The minimum absolute atomic E-state index is 0.174. The van der Waals surface area contributed by atoms with E-state index >= 15 is 0 Å². The van der Waals surface area contributed by atoms with Gasteiger partial charge in [0.1, 0.15) is 0 Å². The van der Waals surface area contributed by atoms with Crippen molar-refractivity contribution in [1.82, 2.24) is 10.2 Å². The molecule has 0 heterocycles. The van der Waals surface area contributed by atoms with Crippen LogP contribution in [-0.2, 0) is 9.53 Å². The van der Waals surface area contributed by atoms with Crippen LogP contribution in [0.1, 0.15) is 25.7 Å². The zero-order valence-electron chi connectivity index (χ0n) is 10.8. The third kappa shape index (κ3) is 4.88. The maximum atomic E-state index is 12.1. The molecule has 1 N–H and O–H groups in total. The molecule has 1 aliphatic rings. The molecule has 1 fully saturated rings. The summed E-state index contributed by atoms with van der Waals surface area (Å²) in [4.78, 5) is 14.0. The summed E-state index contributed by atoms with van der Waals surface area (Å²) in [5, 5.41) is 3.10. The van der Waals surface area contributed by atoms with E-state index in [2.05, 4.69) is 11.9 Å². The predicted molar refractivity (Wildman–Crippen MR) is 68.9 cm³/mol. The van der Waals surface area contributed by atoms with Crippen LogP contribution >= 0.6 is 0 Å². The zero-order chi connectivity index (χ0) is 12.5. The fourth-order valence-corrected chi connectivity index (χ4v) is 2.28. The lowest BCUT2D eigenvalue weighted by Gasteiger charge is -2.28. The molecule has 0 spiro atoms. The van der Waals surface area contributed by atoms with Gasteiger partial charge in [0.05, 0.1) is 13.2 Å². The van der Waals surface area contributed by atoms with Gasteiger partial charge in [-0.25, -0.2) is 0 Å². The van der Waals surface area contributed by atoms with Crippen molar-refractivity contribution in [2.75, 3.05) is 33.4 Å². The van der Waals surface area contributed by atoms with E-state index in [4.69, 9.17) is 4.74 Å². The Bertz CT molecular complexity index is 238. The Morgan fingerprint density at radius 3 is 2.82 bits per heavy atom. The highest BCUT2D eigenvalue weighted by Crippen LogP contribution is 2.23. The molecule has 17 heavy (non-hydrogen) atoms. The van der Waals surface area contributed by atoms with E-state index in [0.717, 1.165) is 19.4 Å². The number of hydrogen-bond donors (Lipinski definition) is 1. The molecule has 1 amide bonds. The van der Waals surface area contributed by atoms with Gasteiger partial charge >= 0.3 is 0 Å². The van der Waals surface area contributed by atoms with Gasteiger partial charge in [0.25, 0.3) is 0 Å². The fourth-order valence-electron chi connectivity index (χ4n) is 2.28. The number of nitrogens with one attached hydrogen (secondary N) is 1. The molecule has 0 radical (unpaired) electrons. The number of carbonyl (C=O) groups is 1. The highest BCUT2D eigenvalue weighted by molar-refractivity contribution is 5.78. The van der Waals surface area contributed by atoms with Crippen molar-refractivity contribution < 1.29 is 9.53 Å². The van der Waals surface area contributed by atoms with Crippen LogP contribution in [0.5, 0.6) is 0 Å². The predicted octanol–water partition coefficient (Wildman–Crippen LogP) is 1.18. The minimum Gasteiger partial charge on any atom is -0.383 e. The average molecular weight is 240 g/mol. The van der Waals surface area contributed by atoms with Crippen LogP contribution in [0.25, 0.3) is 0 Å². The second kappa shape index (κ2) is 8.25. The van der Waals surface area contributed by atoms with E-state index < -0.39 is 0 Å². The van der Waals surface area contributed by atoms with Gasteiger partial charge in [-0.05, 0) is 12.8 Å². The Morgan fingerprint density at radius 2 is 2.24 bits per heavy atom. The molecule has 1 rings (SSSR count). The summed E-state index contributed by atoms with van der Waals surface area (Å²) < 4.78 is 4.93. The summed E-state index contributed by atoms with van der Waals surface area (Å²) in [5.74, 6) is 0.174. The Morgan fingerprint density at radius 1 is 1.53 bits per heavy atom. The Hall–Kier alpha value is -0.870. The first kappa shape index (κ1) is 14.2. The van der Waals surface area contributed by atoms with Gasteiger partial charge in [-0.2, -0.15) is 0 Å². The molecule has 0 saturated heterocycles. The lowest BCUT2D eigenvalue weighted by Crippen LogP contribution is -2.44. The second-order valence-electron chi connectivity index (χ2n) is 4.44. The van der Waals surface area contributed by atoms with Crippen LogP contribution in [-0.4, -0.2) is 50.2 Å². The highest BCUT2D eigenvalue weighted by atomic mass is 16.5. The lowest BCUT2D eigenvalue weighted by molar-refractivity contribution is -0.131. The van der Waals surface area contributed by atoms with Crippen molar-refractivity contribution in [3.05, 3.63) is 12.7 Å². The first-order valence-electron chi connectivity index (χ1n) is 6.39. The molecule has 0 aromatic rings. The minimum atomic E-state index is 0.174. The topological polar surface area (TPSA) is 41.6 Å². The van der Waals surface area contributed by atoms with Crippen molar-refractivity contribution in [3.63, 3.8) is 0 Å². The second-order valence-corrected chi connectivity index (χ2v) is 4.44. The van der Waals surface area contributed by atoms with Crippen molar-refractivity contribution in [1.29, 1.82) is 0 Å². The summed E-state index contributed by atoms with van der Waals surface area (Å²) in [6.45, 7) is 6.14. The van der Waals surface area contributed by atoms with E-state index in [9.17, 15) is 4.79 Å². The average Bonchev–Trinajstić information content (AvgIpc) is 2.85. The Labute approximate surface area is 104 Å². The monoisotopic (exact) mass is 240 g/mol. The fraction of sp³-hybridized carbons (Fsp3) is 0.769. The van der Waals surface area contributed by atoms with E-state index in [-0.39, 0.29) is 5.91 Å². The molecule has 4 heteroatoms. The van der Waals surface area contributed by atoms with Crippen LogP contribution in [0.3, 0.4) is 0 Å². The molecule has 0 aromatic carbocycles. The van der Waals surface area contributed by atoms with Gasteiger partial charge in [-0.1, -0.05) is 18.9 Å². The van der Waals surface area contributed by atoms with Crippen LogP contribution in [0, 0.1) is 0 Å². The first-order chi connectivity index (χ1) is 8.29. The number of methoxy groups -OCH3 is 1. The van der Waals surface area contributed by atoms with Gasteiger partial charge in [0.15, 0.2) is 0 Å². The molecule has 0 atom stereocenters. The highest BCUT2D eigenvalue weighted by Gasteiger charge is 2.25. The maximum Gasteiger partial charge on any atom is 0.237 e. The van der Waals surface area contributed by atoms with Crippen molar-refractivity contribution >= 4 is 5.91 Å². The maximum absolute atomic E-state index is 12.1. The zero-order valence-corrected chi connectivity index (χ0v) is 10.8. The van der Waals surface area contributed by atoms with Gasteiger partial charge in [0, 0.05) is 26.2 Å². The van der Waals surface area contributed by atoms with Crippen LogP contribution < -0.4 is 5.32 Å². The summed E-state index contributed by atoms with van der Waals surface area (Å²) in [6.07, 6.45) is 6.56. The Kier molecular flexibility index (Phi) is 6.89. The van der Waals surface area contributed by atoms with Gasteiger partial charge in [0.2, 0.25) is 5.91 Å². The molecule has 0 aromatic heterocycles. The summed E-state index contributed by atoms with van der Waals surface area (Å²) in [7, 11) is 1.66. The normalized spacial score (nSPS) is 16.1. The number of rotatable bonds is 8. The molecular formula is C13H24N2O2. The summed E-state index contributed by atoms with van der Waals surface area (Å²) in [6, 6.07) is 0.421. The summed E-state index contributed by atoms with van der Waals surface area (Å²) >= 11 is 0. The smallest absolute Gasteiger partial charge is 0.237 e. The number of hydrogen-bond acceptors (Lipinski definition) is 3. The molecule has 98 valence electrons. The Balaban J connectivity index is 2.34. The van der Waals surface area contributed by atoms with Gasteiger partial charge < -0.3 is 15.0 Å². The van der Waals surface area contributed by atoms with Crippen LogP contribution in [0.2, 0.25) is 0 Å². The van der Waals surface area contributed by atoms with E-state index in [0.29, 0.717) is 25.7 Å². The quantitative estimate of drug-likeness (QED) is 0.512. The molecule has 1 aliphatic carbocycles. The number of amides is 1. The van der Waals surface area contributed by atoms with E-state index in [1.165, 1.54) is 12.8 Å². The van der Waals surface area contributed by atoms with Crippen molar-refractivity contribution in [3.8, 4) is 0 Å². The molecule has 1 saturated carbocycles.